The Hall–Kier alpha value is -1.13. The van der Waals surface area contributed by atoms with Crippen LogP contribution in [-0.2, 0) is 4.79 Å². The van der Waals surface area contributed by atoms with Crippen LogP contribution >= 0.6 is 31.9 Å². The fraction of sp³-hybridized carbons (Fsp3) is 0.0714. The van der Waals surface area contributed by atoms with Gasteiger partial charge in [-0.25, -0.2) is 0 Å². The van der Waals surface area contributed by atoms with Gasteiger partial charge in [0.15, 0.2) is 5.75 Å². The first-order valence-electron chi connectivity index (χ1n) is 5.31. The normalized spacial score (nSPS) is 10.2. The third kappa shape index (κ3) is 3.00. The van der Waals surface area contributed by atoms with E-state index in [0.717, 1.165) is 20.1 Å². The molecule has 0 saturated carbocycles. The highest BCUT2D eigenvalue weighted by atomic mass is 79.9. The van der Waals surface area contributed by atoms with Crippen molar-refractivity contribution in [1.29, 1.82) is 0 Å². The van der Waals surface area contributed by atoms with Crippen molar-refractivity contribution in [3.8, 4) is 16.9 Å². The largest absolute Gasteiger partial charge is 0.425 e. The quantitative estimate of drug-likeness (QED) is 0.561. The van der Waals surface area contributed by atoms with Crippen molar-refractivity contribution in [2.75, 3.05) is 0 Å². The number of esters is 1. The van der Waals surface area contributed by atoms with Gasteiger partial charge in [0.1, 0.15) is 0 Å². The molecule has 4 heteroatoms. The molecular formula is C14H10Br2O2. The standard InChI is InChI=1S/C14H10Br2O2/c1-9(17)18-14-12(7-11(15)8-13(14)16)10-5-3-2-4-6-10/h2-8H,1H3. The van der Waals surface area contributed by atoms with Gasteiger partial charge in [0.2, 0.25) is 0 Å². The van der Waals surface area contributed by atoms with E-state index in [1.54, 1.807) is 0 Å². The van der Waals surface area contributed by atoms with Gasteiger partial charge in [0.05, 0.1) is 4.47 Å². The Labute approximate surface area is 122 Å². The molecule has 0 atom stereocenters. The average Bonchev–Trinajstić information content (AvgIpc) is 2.33. The topological polar surface area (TPSA) is 26.3 Å². The second-order valence-corrected chi connectivity index (χ2v) is 5.49. The van der Waals surface area contributed by atoms with Crippen molar-refractivity contribution in [3.63, 3.8) is 0 Å². The highest BCUT2D eigenvalue weighted by molar-refractivity contribution is 9.11. The van der Waals surface area contributed by atoms with Gasteiger partial charge in [0, 0.05) is 17.0 Å². The Kier molecular flexibility index (Phi) is 4.19. The summed E-state index contributed by atoms with van der Waals surface area (Å²) >= 11 is 6.86. The highest BCUT2D eigenvalue weighted by Gasteiger charge is 2.13. The van der Waals surface area contributed by atoms with E-state index < -0.39 is 0 Å². The van der Waals surface area contributed by atoms with E-state index in [9.17, 15) is 4.79 Å². The van der Waals surface area contributed by atoms with E-state index in [0.29, 0.717) is 5.75 Å². The maximum atomic E-state index is 11.2. The van der Waals surface area contributed by atoms with Gasteiger partial charge >= 0.3 is 5.97 Å². The summed E-state index contributed by atoms with van der Waals surface area (Å²) in [5.41, 5.74) is 1.86. The minimum Gasteiger partial charge on any atom is -0.425 e. The summed E-state index contributed by atoms with van der Waals surface area (Å²) < 4.78 is 6.94. The maximum Gasteiger partial charge on any atom is 0.308 e. The zero-order chi connectivity index (χ0) is 13.1. The second kappa shape index (κ2) is 5.67. The molecule has 0 N–H and O–H groups in total. The van der Waals surface area contributed by atoms with E-state index in [1.165, 1.54) is 6.92 Å². The summed E-state index contributed by atoms with van der Waals surface area (Å²) in [5.74, 6) is 0.201. The molecule has 18 heavy (non-hydrogen) atoms. The molecule has 2 aromatic carbocycles. The van der Waals surface area contributed by atoms with Crippen LogP contribution in [-0.4, -0.2) is 5.97 Å². The van der Waals surface area contributed by atoms with Gasteiger partial charge in [-0.05, 0) is 33.6 Å². The van der Waals surface area contributed by atoms with Crippen molar-refractivity contribution in [2.45, 2.75) is 6.92 Å². The molecule has 2 rings (SSSR count). The zero-order valence-corrected chi connectivity index (χ0v) is 12.8. The fourth-order valence-corrected chi connectivity index (χ4v) is 2.95. The Balaban J connectivity index is 2.61. The molecule has 0 fully saturated rings. The predicted molar refractivity (Wildman–Crippen MR) is 78.6 cm³/mol. The molecule has 0 heterocycles. The summed E-state index contributed by atoms with van der Waals surface area (Å²) in [6, 6.07) is 13.6. The third-order valence-electron chi connectivity index (χ3n) is 2.34. The third-order valence-corrected chi connectivity index (χ3v) is 3.39. The number of rotatable bonds is 2. The molecule has 0 spiro atoms. The smallest absolute Gasteiger partial charge is 0.308 e. The molecule has 0 saturated heterocycles. The predicted octanol–water partition coefficient (Wildman–Crippen LogP) is 4.80. The molecule has 92 valence electrons. The molecule has 0 unspecified atom stereocenters. The molecule has 0 aliphatic carbocycles. The summed E-state index contributed by atoms with van der Waals surface area (Å²) in [4.78, 5) is 11.2. The van der Waals surface area contributed by atoms with Crippen molar-refractivity contribution in [1.82, 2.24) is 0 Å². The lowest BCUT2D eigenvalue weighted by Gasteiger charge is -2.12. The first-order chi connectivity index (χ1) is 8.58. The molecule has 0 amide bonds. The van der Waals surface area contributed by atoms with E-state index in [4.69, 9.17) is 4.74 Å². The van der Waals surface area contributed by atoms with Crippen molar-refractivity contribution < 1.29 is 9.53 Å². The summed E-state index contributed by atoms with van der Waals surface area (Å²) in [5, 5.41) is 0. The molecule has 0 bridgehead atoms. The van der Waals surface area contributed by atoms with Crippen LogP contribution in [0.25, 0.3) is 11.1 Å². The van der Waals surface area contributed by atoms with Crippen LogP contribution in [0.5, 0.6) is 5.75 Å². The van der Waals surface area contributed by atoms with Crippen molar-refractivity contribution in [2.24, 2.45) is 0 Å². The number of hydrogen-bond donors (Lipinski definition) is 0. The number of benzene rings is 2. The average molecular weight is 370 g/mol. The number of halogens is 2. The van der Waals surface area contributed by atoms with Crippen LogP contribution in [0.4, 0.5) is 0 Å². The highest BCUT2D eigenvalue weighted by Crippen LogP contribution is 2.39. The lowest BCUT2D eigenvalue weighted by molar-refractivity contribution is -0.131. The first kappa shape index (κ1) is 13.3. The SMILES string of the molecule is CC(=O)Oc1c(Br)cc(Br)cc1-c1ccccc1. The van der Waals surface area contributed by atoms with Gasteiger partial charge in [-0.2, -0.15) is 0 Å². The summed E-state index contributed by atoms with van der Waals surface area (Å²) in [7, 11) is 0. The fourth-order valence-electron chi connectivity index (χ4n) is 1.64. The number of hydrogen-bond acceptors (Lipinski definition) is 2. The van der Waals surface area contributed by atoms with E-state index in [-0.39, 0.29) is 5.97 Å². The number of carbonyl (C=O) groups excluding carboxylic acids is 1. The maximum absolute atomic E-state index is 11.2. The molecule has 0 aliphatic rings. The summed E-state index contributed by atoms with van der Waals surface area (Å²) in [6.07, 6.45) is 0. The van der Waals surface area contributed by atoms with Gasteiger partial charge in [0.25, 0.3) is 0 Å². The lowest BCUT2D eigenvalue weighted by Crippen LogP contribution is -2.03. The molecule has 0 aliphatic heterocycles. The van der Waals surface area contributed by atoms with Gasteiger partial charge in [-0.15, -0.1) is 0 Å². The van der Waals surface area contributed by atoms with E-state index in [1.807, 2.05) is 42.5 Å². The molecule has 2 nitrogen and oxygen atoms in total. The summed E-state index contributed by atoms with van der Waals surface area (Å²) in [6.45, 7) is 1.39. The van der Waals surface area contributed by atoms with Crippen LogP contribution in [0.3, 0.4) is 0 Å². The Morgan fingerprint density at radius 2 is 1.78 bits per heavy atom. The number of carbonyl (C=O) groups is 1. The Morgan fingerprint density at radius 1 is 1.11 bits per heavy atom. The minimum atomic E-state index is -0.338. The van der Waals surface area contributed by atoms with Crippen LogP contribution in [0, 0.1) is 0 Å². The van der Waals surface area contributed by atoms with Gasteiger partial charge < -0.3 is 4.74 Å². The second-order valence-electron chi connectivity index (χ2n) is 3.72. The number of ether oxygens (including phenoxy) is 1. The molecule has 2 aromatic rings. The van der Waals surface area contributed by atoms with Crippen molar-refractivity contribution in [3.05, 3.63) is 51.4 Å². The van der Waals surface area contributed by atoms with Crippen molar-refractivity contribution >= 4 is 37.8 Å². The molecule has 0 radical (unpaired) electrons. The Bertz CT molecular complexity index is 580. The van der Waals surface area contributed by atoms with Crippen LogP contribution in [0.1, 0.15) is 6.92 Å². The Morgan fingerprint density at radius 3 is 2.39 bits per heavy atom. The van der Waals surface area contributed by atoms with E-state index in [2.05, 4.69) is 31.9 Å². The monoisotopic (exact) mass is 368 g/mol. The zero-order valence-electron chi connectivity index (χ0n) is 9.61. The van der Waals surface area contributed by atoms with Crippen LogP contribution < -0.4 is 4.74 Å². The van der Waals surface area contributed by atoms with Gasteiger partial charge in [-0.3, -0.25) is 4.79 Å². The van der Waals surface area contributed by atoms with E-state index >= 15 is 0 Å². The first-order valence-corrected chi connectivity index (χ1v) is 6.89. The van der Waals surface area contributed by atoms with Gasteiger partial charge in [-0.1, -0.05) is 46.3 Å². The molecular weight excluding hydrogens is 360 g/mol. The molecule has 0 aromatic heterocycles. The minimum absolute atomic E-state index is 0.338. The lowest BCUT2D eigenvalue weighted by atomic mass is 10.1. The van der Waals surface area contributed by atoms with Crippen LogP contribution in [0.15, 0.2) is 51.4 Å². The van der Waals surface area contributed by atoms with Crippen LogP contribution in [0.2, 0.25) is 0 Å².